The molecule has 0 radical (unpaired) electrons. The number of aromatic nitrogens is 3. The molecule has 0 fully saturated rings. The van der Waals surface area contributed by atoms with E-state index in [1.165, 1.54) is 13.1 Å². The summed E-state index contributed by atoms with van der Waals surface area (Å²) in [5, 5.41) is 8.89. The Morgan fingerprint density at radius 2 is 2.28 bits per heavy atom. The lowest BCUT2D eigenvalue weighted by atomic mass is 10.1. The molecule has 0 aliphatic heterocycles. The second-order valence-electron chi connectivity index (χ2n) is 3.73. The van der Waals surface area contributed by atoms with Gasteiger partial charge in [0.25, 0.3) is 0 Å². The summed E-state index contributed by atoms with van der Waals surface area (Å²) in [7, 11) is 3.27. The van der Waals surface area contributed by atoms with Crippen LogP contribution in [0.1, 0.15) is 0 Å². The molecule has 18 heavy (non-hydrogen) atoms. The molecule has 0 unspecified atom stereocenters. The molecule has 0 saturated heterocycles. The summed E-state index contributed by atoms with van der Waals surface area (Å²) in [6.07, 6.45) is 4.90. The lowest BCUT2D eigenvalue weighted by Crippen LogP contribution is -2.25. The summed E-state index contributed by atoms with van der Waals surface area (Å²) >= 11 is 0. The first kappa shape index (κ1) is 11.9. The smallest absolute Gasteiger partial charge is 0.320 e. The summed E-state index contributed by atoms with van der Waals surface area (Å²) in [6, 6.07) is 0.942. The zero-order valence-electron chi connectivity index (χ0n) is 10.0. The topological polar surface area (TPSA) is 91.8 Å². The first-order chi connectivity index (χ1) is 8.60. The number of amides is 2. The quantitative estimate of drug-likeness (QED) is 0.722. The van der Waals surface area contributed by atoms with Crippen LogP contribution in [-0.4, -0.2) is 27.8 Å². The molecule has 7 heteroatoms. The molecule has 0 atom stereocenters. The van der Waals surface area contributed by atoms with Gasteiger partial charge in [0.15, 0.2) is 5.43 Å². The molecule has 2 rings (SSSR count). The Bertz CT molecular complexity index is 628. The largest absolute Gasteiger partial charge is 0.347 e. The van der Waals surface area contributed by atoms with Crippen molar-refractivity contribution in [3.05, 3.63) is 34.9 Å². The number of aryl methyl sites for hydroxylation is 1. The van der Waals surface area contributed by atoms with Crippen molar-refractivity contribution in [2.24, 2.45) is 7.05 Å². The lowest BCUT2D eigenvalue weighted by molar-refractivity contribution is 0.254. The van der Waals surface area contributed by atoms with E-state index >= 15 is 0 Å². The zero-order valence-corrected chi connectivity index (χ0v) is 10.0. The molecule has 0 aromatic carbocycles. The van der Waals surface area contributed by atoms with Crippen molar-refractivity contribution in [2.45, 2.75) is 0 Å². The van der Waals surface area contributed by atoms with Crippen LogP contribution in [0.3, 0.4) is 0 Å². The third-order valence-corrected chi connectivity index (χ3v) is 2.40. The number of H-pyrrole nitrogens is 1. The van der Waals surface area contributed by atoms with Crippen LogP contribution < -0.4 is 16.1 Å². The predicted octanol–water partition coefficient (Wildman–Crippen LogP) is 0.527. The Hall–Kier alpha value is -2.57. The van der Waals surface area contributed by atoms with Crippen LogP contribution >= 0.6 is 0 Å². The average Bonchev–Trinajstić information content (AvgIpc) is 2.75. The highest BCUT2D eigenvalue weighted by Crippen LogP contribution is 2.13. The van der Waals surface area contributed by atoms with Crippen molar-refractivity contribution < 1.29 is 4.79 Å². The Labute approximate surface area is 103 Å². The summed E-state index contributed by atoms with van der Waals surface area (Å²) < 4.78 is 1.62. The molecular weight excluding hydrogens is 234 g/mol. The minimum absolute atomic E-state index is 0.187. The van der Waals surface area contributed by atoms with Crippen LogP contribution in [0.2, 0.25) is 0 Å². The molecule has 94 valence electrons. The maximum Gasteiger partial charge on any atom is 0.320 e. The Kier molecular flexibility index (Phi) is 3.13. The fourth-order valence-corrected chi connectivity index (χ4v) is 1.51. The number of carbonyl (C=O) groups is 1. The van der Waals surface area contributed by atoms with Crippen LogP contribution in [0.5, 0.6) is 0 Å². The fraction of sp³-hybridized carbons (Fsp3) is 0.182. The maximum atomic E-state index is 11.9. The number of anilines is 1. The van der Waals surface area contributed by atoms with Gasteiger partial charge in [-0.2, -0.15) is 5.10 Å². The molecule has 0 aliphatic carbocycles. The molecule has 2 aromatic heterocycles. The molecule has 2 heterocycles. The highest BCUT2D eigenvalue weighted by molar-refractivity contribution is 5.88. The molecule has 0 spiro atoms. The minimum Gasteiger partial charge on any atom is -0.347 e. The van der Waals surface area contributed by atoms with E-state index in [4.69, 9.17) is 0 Å². The standard InChI is InChI=1S/C11H13N5O2/c1-12-11(18)15-10-3-9(17)8(5-13-10)7-4-14-16(2)6-7/h3-6H,1-2H3,(H3,12,13,15,17,18). The van der Waals surface area contributed by atoms with E-state index in [2.05, 4.69) is 20.7 Å². The van der Waals surface area contributed by atoms with Gasteiger partial charge in [-0.25, -0.2) is 4.79 Å². The number of hydrogen-bond acceptors (Lipinski definition) is 3. The van der Waals surface area contributed by atoms with Gasteiger partial charge in [0.1, 0.15) is 5.82 Å². The summed E-state index contributed by atoms with van der Waals surface area (Å²) in [5.41, 5.74) is 1.05. The first-order valence-electron chi connectivity index (χ1n) is 5.30. The van der Waals surface area contributed by atoms with Crippen molar-refractivity contribution in [2.75, 3.05) is 12.4 Å². The normalized spacial score (nSPS) is 10.1. The van der Waals surface area contributed by atoms with Crippen LogP contribution in [-0.2, 0) is 7.05 Å². The molecule has 2 amide bonds. The van der Waals surface area contributed by atoms with Crippen molar-refractivity contribution >= 4 is 11.8 Å². The third-order valence-electron chi connectivity index (χ3n) is 2.40. The molecule has 0 aliphatic rings. The van der Waals surface area contributed by atoms with Gasteiger partial charge in [0.05, 0.1) is 6.20 Å². The Morgan fingerprint density at radius 1 is 1.50 bits per heavy atom. The number of aromatic amines is 1. The van der Waals surface area contributed by atoms with E-state index in [0.717, 1.165) is 5.56 Å². The average molecular weight is 247 g/mol. The number of rotatable bonds is 2. The lowest BCUT2D eigenvalue weighted by Gasteiger charge is -2.04. The second kappa shape index (κ2) is 4.74. The maximum absolute atomic E-state index is 11.9. The van der Waals surface area contributed by atoms with Crippen molar-refractivity contribution in [3.8, 4) is 11.1 Å². The van der Waals surface area contributed by atoms with E-state index in [9.17, 15) is 9.59 Å². The summed E-state index contributed by atoms with van der Waals surface area (Å²) in [4.78, 5) is 25.8. The number of pyridine rings is 1. The second-order valence-corrected chi connectivity index (χ2v) is 3.73. The number of nitrogens with zero attached hydrogens (tertiary/aromatic N) is 2. The zero-order chi connectivity index (χ0) is 13.1. The van der Waals surface area contributed by atoms with Crippen LogP contribution in [0.15, 0.2) is 29.5 Å². The fourth-order valence-electron chi connectivity index (χ4n) is 1.51. The predicted molar refractivity (Wildman–Crippen MR) is 67.3 cm³/mol. The number of hydrogen-bond donors (Lipinski definition) is 3. The number of carbonyl (C=O) groups excluding carboxylic acids is 1. The Balaban J connectivity index is 2.31. The SMILES string of the molecule is CNC(=O)Nc1cc(=O)c(-c2cnn(C)c2)c[nH]1. The van der Waals surface area contributed by atoms with E-state index in [1.807, 2.05) is 0 Å². The molecule has 0 saturated carbocycles. The van der Waals surface area contributed by atoms with Gasteiger partial charge >= 0.3 is 6.03 Å². The van der Waals surface area contributed by atoms with Gasteiger partial charge < -0.3 is 10.3 Å². The molecule has 7 nitrogen and oxygen atoms in total. The van der Waals surface area contributed by atoms with Crippen molar-refractivity contribution in [3.63, 3.8) is 0 Å². The third kappa shape index (κ3) is 2.40. The molecule has 0 bridgehead atoms. The van der Waals surface area contributed by atoms with Crippen LogP contribution in [0.4, 0.5) is 10.6 Å². The first-order valence-corrected chi connectivity index (χ1v) is 5.30. The molecule has 3 N–H and O–H groups in total. The minimum atomic E-state index is -0.389. The van der Waals surface area contributed by atoms with Crippen molar-refractivity contribution in [1.29, 1.82) is 0 Å². The van der Waals surface area contributed by atoms with E-state index < -0.39 is 0 Å². The van der Waals surface area contributed by atoms with Gasteiger partial charge in [0.2, 0.25) is 0 Å². The van der Waals surface area contributed by atoms with E-state index in [1.54, 1.807) is 30.3 Å². The van der Waals surface area contributed by atoms with Gasteiger partial charge in [-0.15, -0.1) is 0 Å². The van der Waals surface area contributed by atoms with Crippen molar-refractivity contribution in [1.82, 2.24) is 20.1 Å². The van der Waals surface area contributed by atoms with Gasteiger partial charge in [0, 0.05) is 43.7 Å². The Morgan fingerprint density at radius 3 is 2.83 bits per heavy atom. The highest BCUT2D eigenvalue weighted by atomic mass is 16.2. The molecule has 2 aromatic rings. The molecular formula is C11H13N5O2. The highest BCUT2D eigenvalue weighted by Gasteiger charge is 2.07. The van der Waals surface area contributed by atoms with Crippen LogP contribution in [0.25, 0.3) is 11.1 Å². The summed E-state index contributed by atoms with van der Waals surface area (Å²) in [5.74, 6) is 0.340. The van der Waals surface area contributed by atoms with E-state index in [-0.39, 0.29) is 11.5 Å². The number of nitrogens with one attached hydrogen (secondary N) is 3. The van der Waals surface area contributed by atoms with Gasteiger partial charge in [-0.1, -0.05) is 0 Å². The monoisotopic (exact) mass is 247 g/mol. The van der Waals surface area contributed by atoms with Gasteiger partial charge in [-0.05, 0) is 0 Å². The van der Waals surface area contributed by atoms with E-state index in [0.29, 0.717) is 11.4 Å². The van der Waals surface area contributed by atoms with Gasteiger partial charge in [-0.3, -0.25) is 14.8 Å². The van der Waals surface area contributed by atoms with Crippen LogP contribution in [0, 0.1) is 0 Å². The number of urea groups is 1. The summed E-state index contributed by atoms with van der Waals surface area (Å²) in [6.45, 7) is 0.